The van der Waals surface area contributed by atoms with E-state index in [1.807, 2.05) is 6.07 Å². The van der Waals surface area contributed by atoms with Gasteiger partial charge < -0.3 is 19.1 Å². The molecule has 0 unspecified atom stereocenters. The highest BCUT2D eigenvalue weighted by Gasteiger charge is 2.44. The number of benzene rings is 2. The van der Waals surface area contributed by atoms with Crippen molar-refractivity contribution in [2.45, 2.75) is 96.8 Å². The van der Waals surface area contributed by atoms with Crippen LogP contribution in [-0.2, 0) is 20.9 Å². The Kier molecular flexibility index (Phi) is 12.5. The summed E-state index contributed by atoms with van der Waals surface area (Å²) in [5.74, 6) is 0.418. The molecule has 0 radical (unpaired) electrons. The second kappa shape index (κ2) is 17.1. The van der Waals surface area contributed by atoms with Gasteiger partial charge in [-0.3, -0.25) is 4.55 Å². The highest BCUT2D eigenvalue weighted by molar-refractivity contribution is 7.85. The normalized spacial score (nSPS) is 19.0. The van der Waals surface area contributed by atoms with Crippen molar-refractivity contribution in [3.63, 3.8) is 0 Å². The first kappa shape index (κ1) is 40.8. The fourth-order valence-electron chi connectivity index (χ4n) is 8.19. The summed E-state index contributed by atoms with van der Waals surface area (Å²) in [6.45, 7) is 12.8. The van der Waals surface area contributed by atoms with Gasteiger partial charge in [0, 0.05) is 47.5 Å². The maximum atomic E-state index is 11.5. The van der Waals surface area contributed by atoms with Crippen LogP contribution in [0.15, 0.2) is 95.4 Å². The Balaban J connectivity index is 1.44. The van der Waals surface area contributed by atoms with Gasteiger partial charge in [0.15, 0.2) is 5.71 Å². The first-order valence-electron chi connectivity index (χ1n) is 19.7. The molecular weight excluding hydrogens is 727 g/mol. The fraction of sp³-hybridized carbons (Fsp3) is 0.455. The predicted molar refractivity (Wildman–Crippen MR) is 221 cm³/mol. The van der Waals surface area contributed by atoms with E-state index in [4.69, 9.17) is 14.2 Å². The molecule has 1 aliphatic carbocycles. The van der Waals surface area contributed by atoms with E-state index in [1.165, 1.54) is 43.2 Å². The molecule has 1 N–H and O–H groups in total. The molecule has 0 atom stereocenters. The first-order valence-corrected chi connectivity index (χ1v) is 21.3. The molecule has 1 aromatic heterocycles. The summed E-state index contributed by atoms with van der Waals surface area (Å²) in [4.78, 5) is 15.3. The van der Waals surface area contributed by atoms with E-state index in [0.717, 1.165) is 61.2 Å². The van der Waals surface area contributed by atoms with Gasteiger partial charge in [0.2, 0.25) is 5.69 Å². The van der Waals surface area contributed by atoms with Crippen LogP contribution in [0.1, 0.15) is 97.1 Å². The second-order valence-corrected chi connectivity index (χ2v) is 17.2. The lowest BCUT2D eigenvalue weighted by molar-refractivity contribution is -0.438. The summed E-state index contributed by atoms with van der Waals surface area (Å²) in [6, 6.07) is 17.3. The van der Waals surface area contributed by atoms with Crippen LogP contribution in [0.4, 0.5) is 11.4 Å². The molecule has 3 aromatic rings. The zero-order valence-electron chi connectivity index (χ0n) is 33.8. The van der Waals surface area contributed by atoms with Crippen LogP contribution in [0, 0.1) is 0 Å². The molecule has 56 heavy (non-hydrogen) atoms. The topological polar surface area (TPSA) is 127 Å². The van der Waals surface area contributed by atoms with Crippen LogP contribution < -0.4 is 19.1 Å². The van der Waals surface area contributed by atoms with E-state index in [-0.39, 0.29) is 34.6 Å². The average molecular weight is 783 g/mol. The van der Waals surface area contributed by atoms with Crippen LogP contribution in [-0.4, -0.2) is 71.3 Å². The molecule has 0 fully saturated rings. The quantitative estimate of drug-likeness (QED) is 0.0856. The van der Waals surface area contributed by atoms with E-state index >= 15 is 0 Å². The van der Waals surface area contributed by atoms with Crippen molar-refractivity contribution in [3.05, 3.63) is 107 Å². The Labute approximate surface area is 332 Å². The van der Waals surface area contributed by atoms with Crippen molar-refractivity contribution in [2.75, 3.05) is 38.0 Å². The molecule has 0 amide bonds. The lowest BCUT2D eigenvalue weighted by Gasteiger charge is -2.27. The van der Waals surface area contributed by atoms with Crippen molar-refractivity contribution in [2.24, 2.45) is 0 Å². The Morgan fingerprint density at radius 1 is 0.821 bits per heavy atom. The molecule has 12 heteroatoms. The van der Waals surface area contributed by atoms with Gasteiger partial charge >= 0.3 is 18.0 Å². The highest BCUT2D eigenvalue weighted by atomic mass is 32.2. The third kappa shape index (κ3) is 8.76. The van der Waals surface area contributed by atoms with Gasteiger partial charge in [0.1, 0.15) is 12.3 Å². The van der Waals surface area contributed by atoms with Crippen molar-refractivity contribution in [3.8, 4) is 18.0 Å². The third-order valence-electron chi connectivity index (χ3n) is 11.1. The number of rotatable bonds is 16. The van der Waals surface area contributed by atoms with Crippen LogP contribution in [0.3, 0.4) is 0 Å². The lowest BCUT2D eigenvalue weighted by Crippen LogP contribution is -2.28. The Bertz CT molecular complexity index is 2180. The first-order chi connectivity index (χ1) is 26.8. The van der Waals surface area contributed by atoms with Crippen LogP contribution in [0.2, 0.25) is 0 Å². The molecule has 2 aromatic carbocycles. The molecule has 3 heterocycles. The van der Waals surface area contributed by atoms with E-state index in [2.05, 4.69) is 126 Å². The average Bonchev–Trinajstić information content (AvgIpc) is 3.53. The number of anilines is 1. The van der Waals surface area contributed by atoms with Gasteiger partial charge in [-0.05, 0) is 87.3 Å². The summed E-state index contributed by atoms with van der Waals surface area (Å²) in [5.41, 5.74) is 8.73. The van der Waals surface area contributed by atoms with Gasteiger partial charge in [-0.25, -0.2) is 0 Å². The smallest absolute Gasteiger partial charge is 0.331 e. The number of ether oxygens (including phenoxy) is 3. The zero-order valence-corrected chi connectivity index (χ0v) is 34.7. The Morgan fingerprint density at radius 2 is 1.50 bits per heavy atom. The van der Waals surface area contributed by atoms with Crippen LogP contribution in [0.5, 0.6) is 18.0 Å². The van der Waals surface area contributed by atoms with Crippen LogP contribution in [0.25, 0.3) is 0 Å². The number of hydrogen-bond donors (Lipinski definition) is 1. The lowest BCUT2D eigenvalue weighted by atomic mass is 9.81. The standard InChI is InChI=1S/C44H55N5O6S/c1-8-9-14-28-48-35-22-12-10-20-33(35)43(2,3)37(48)26-24-31-18-17-19-32(39(31)55-42-46-40(53-6)45-41(47-42)54-7)25-27-38-44(4,5)34-21-11-13-23-36(34)49(38)29-15-16-30-56(50,51)52/h10-13,20-27H,8-9,14-19,28-30H2,1-7H3/p+1. The van der Waals surface area contributed by atoms with Crippen molar-refractivity contribution in [1.82, 2.24) is 15.0 Å². The Morgan fingerprint density at radius 3 is 2.20 bits per heavy atom. The zero-order chi connectivity index (χ0) is 40.1. The van der Waals surface area contributed by atoms with E-state index in [1.54, 1.807) is 0 Å². The largest absolute Gasteiger partial charge is 0.467 e. The van der Waals surface area contributed by atoms with Gasteiger partial charge in [0.05, 0.1) is 25.4 Å². The Hall–Kier alpha value is -4.81. The number of fused-ring (bicyclic) bond motifs is 2. The predicted octanol–water partition coefficient (Wildman–Crippen LogP) is 8.80. The van der Waals surface area contributed by atoms with Crippen LogP contribution >= 0.6 is 0 Å². The van der Waals surface area contributed by atoms with Gasteiger partial charge in [-0.15, -0.1) is 15.0 Å². The molecule has 298 valence electrons. The van der Waals surface area contributed by atoms with E-state index in [9.17, 15) is 13.0 Å². The molecule has 6 rings (SSSR count). The van der Waals surface area contributed by atoms with Gasteiger partial charge in [-0.1, -0.05) is 69.7 Å². The molecule has 2 aliphatic heterocycles. The van der Waals surface area contributed by atoms with Gasteiger partial charge in [0.25, 0.3) is 10.1 Å². The minimum Gasteiger partial charge on any atom is -0.467 e. The van der Waals surface area contributed by atoms with Gasteiger partial charge in [-0.2, -0.15) is 13.0 Å². The molecule has 0 bridgehead atoms. The third-order valence-corrected chi connectivity index (χ3v) is 11.9. The van der Waals surface area contributed by atoms with Crippen molar-refractivity contribution < 1.29 is 31.8 Å². The molecule has 11 nitrogen and oxygen atoms in total. The number of methoxy groups -OCH3 is 2. The minimum absolute atomic E-state index is 0.0755. The molecule has 3 aliphatic rings. The minimum atomic E-state index is -4.03. The number of nitrogens with zero attached hydrogens (tertiary/aromatic N) is 5. The maximum Gasteiger partial charge on any atom is 0.331 e. The van der Waals surface area contributed by atoms with E-state index in [0.29, 0.717) is 25.1 Å². The highest BCUT2D eigenvalue weighted by Crippen LogP contribution is 2.48. The number of para-hydroxylation sites is 2. The number of unbranched alkanes of at least 4 members (excludes halogenated alkanes) is 3. The monoisotopic (exact) mass is 782 g/mol. The maximum absolute atomic E-state index is 11.5. The molecular formula is C44H56N5O6S+. The summed E-state index contributed by atoms with van der Waals surface area (Å²) in [5, 5.41) is 0. The fourth-order valence-corrected chi connectivity index (χ4v) is 8.76. The molecule has 0 saturated carbocycles. The molecule has 0 spiro atoms. The summed E-state index contributed by atoms with van der Waals surface area (Å²) < 4.78 is 52.2. The SMILES string of the molecule is CCCCC[N+]1=C(/C=C/C2=C(Oc3nc(OC)nc(OC)n3)C(=C/C=C3/N(CCCCS(=O)(=O)O)c4ccccc4C3(C)C)/CCC2)C(C)(C)c2ccccc21. The number of allylic oxidation sites excluding steroid dienone is 7. The summed E-state index contributed by atoms with van der Waals surface area (Å²) in [6.07, 6.45) is 15.7. The molecule has 0 saturated heterocycles. The van der Waals surface area contributed by atoms with Crippen molar-refractivity contribution >= 4 is 27.2 Å². The summed E-state index contributed by atoms with van der Waals surface area (Å²) >= 11 is 0. The van der Waals surface area contributed by atoms with E-state index < -0.39 is 10.1 Å². The van der Waals surface area contributed by atoms with Crippen molar-refractivity contribution in [1.29, 1.82) is 0 Å². The second-order valence-electron chi connectivity index (χ2n) is 15.7. The summed E-state index contributed by atoms with van der Waals surface area (Å²) in [7, 11) is -1.05. The number of aromatic nitrogens is 3. The number of hydrogen-bond acceptors (Lipinski definition) is 9.